The first-order valence-corrected chi connectivity index (χ1v) is 7.30. The normalized spacial score (nSPS) is 18.2. The summed E-state index contributed by atoms with van der Waals surface area (Å²) in [4.78, 5) is 11.8. The number of aliphatic imine (C=N–C) groups is 1. The lowest BCUT2D eigenvalue weighted by Gasteiger charge is -2.40. The van der Waals surface area contributed by atoms with Gasteiger partial charge in [0.15, 0.2) is 0 Å². The maximum absolute atomic E-state index is 5.05. The van der Waals surface area contributed by atoms with Crippen LogP contribution in [0.25, 0.3) is 0 Å². The molecule has 0 N–H and O–H groups in total. The second kappa shape index (κ2) is 4.99. The quantitative estimate of drug-likeness (QED) is 0.795. The van der Waals surface area contributed by atoms with Crippen LogP contribution in [0, 0.1) is 5.41 Å². The van der Waals surface area contributed by atoms with Gasteiger partial charge in [-0.15, -0.1) is 0 Å². The van der Waals surface area contributed by atoms with E-state index >= 15 is 0 Å². The van der Waals surface area contributed by atoms with Crippen molar-refractivity contribution in [2.24, 2.45) is 10.4 Å². The molecule has 1 atom stereocenters. The van der Waals surface area contributed by atoms with Gasteiger partial charge in [-0.25, -0.2) is 4.98 Å². The molecule has 0 aliphatic carbocycles. The number of fused-ring (bicyclic) bond motifs is 1. The molecule has 3 rings (SSSR count). The number of aromatic nitrogens is 1. The van der Waals surface area contributed by atoms with Gasteiger partial charge >= 0.3 is 0 Å². The third kappa shape index (κ3) is 2.44. The van der Waals surface area contributed by atoms with E-state index < -0.39 is 0 Å². The molecule has 21 heavy (non-hydrogen) atoms. The summed E-state index contributed by atoms with van der Waals surface area (Å²) in [5.74, 6) is 1.01. The van der Waals surface area contributed by atoms with Crippen LogP contribution in [0.5, 0.6) is 0 Å². The molecule has 108 valence electrons. The van der Waals surface area contributed by atoms with Crippen molar-refractivity contribution in [2.75, 3.05) is 11.9 Å². The largest absolute Gasteiger partial charge is 0.337 e. The van der Waals surface area contributed by atoms with Crippen LogP contribution < -0.4 is 4.90 Å². The highest BCUT2D eigenvalue weighted by molar-refractivity contribution is 6.16. The Morgan fingerprint density at radius 1 is 1.00 bits per heavy atom. The van der Waals surface area contributed by atoms with Crippen molar-refractivity contribution in [3.8, 4) is 0 Å². The van der Waals surface area contributed by atoms with Crippen LogP contribution in [0.3, 0.4) is 0 Å². The third-order valence-corrected chi connectivity index (χ3v) is 3.82. The molecule has 1 aliphatic heterocycles. The molecule has 1 unspecified atom stereocenters. The van der Waals surface area contributed by atoms with Gasteiger partial charge in [0, 0.05) is 29.8 Å². The molecule has 1 aliphatic rings. The van der Waals surface area contributed by atoms with Gasteiger partial charge in [-0.05, 0) is 12.1 Å². The van der Waals surface area contributed by atoms with Crippen molar-refractivity contribution in [3.05, 3.63) is 59.8 Å². The van der Waals surface area contributed by atoms with E-state index in [0.29, 0.717) is 0 Å². The first-order chi connectivity index (χ1) is 9.98. The Morgan fingerprint density at radius 2 is 1.71 bits per heavy atom. The molecule has 0 bridgehead atoms. The van der Waals surface area contributed by atoms with Gasteiger partial charge in [-0.3, -0.25) is 4.99 Å². The zero-order chi connectivity index (χ0) is 15.0. The fourth-order valence-corrected chi connectivity index (χ4v) is 2.86. The summed E-state index contributed by atoms with van der Waals surface area (Å²) in [5, 5.41) is 0. The molecule has 2 aromatic rings. The highest BCUT2D eigenvalue weighted by atomic mass is 15.3. The van der Waals surface area contributed by atoms with E-state index in [0.717, 1.165) is 22.7 Å². The standard InChI is InChI=1S/C18H21N3/c1-18(2,3)17-20-15(13-9-6-5-7-10-13)14-11-8-12-19-16(14)21(17)4/h5-12,17H,1-4H3. The second-order valence-corrected chi connectivity index (χ2v) is 6.57. The summed E-state index contributed by atoms with van der Waals surface area (Å²) in [6.45, 7) is 6.65. The van der Waals surface area contributed by atoms with Gasteiger partial charge in [0.05, 0.1) is 5.71 Å². The summed E-state index contributed by atoms with van der Waals surface area (Å²) in [6.07, 6.45) is 1.93. The first-order valence-electron chi connectivity index (χ1n) is 7.30. The highest BCUT2D eigenvalue weighted by Gasteiger charge is 2.34. The second-order valence-electron chi connectivity index (χ2n) is 6.57. The van der Waals surface area contributed by atoms with Crippen molar-refractivity contribution < 1.29 is 0 Å². The lowest BCUT2D eigenvalue weighted by molar-refractivity contribution is 0.316. The lowest BCUT2D eigenvalue weighted by atomic mass is 9.89. The fraction of sp³-hybridized carbons (Fsp3) is 0.333. The zero-order valence-electron chi connectivity index (χ0n) is 13.0. The molecule has 0 amide bonds. The Hall–Kier alpha value is -2.16. The Morgan fingerprint density at radius 3 is 2.38 bits per heavy atom. The minimum atomic E-state index is 0.0456. The van der Waals surface area contributed by atoms with Gasteiger partial charge < -0.3 is 4.90 Å². The number of benzene rings is 1. The van der Waals surface area contributed by atoms with E-state index in [1.165, 1.54) is 0 Å². The summed E-state index contributed by atoms with van der Waals surface area (Å²) in [5.41, 5.74) is 3.34. The molecule has 2 heterocycles. The Labute approximate surface area is 126 Å². The molecule has 0 radical (unpaired) electrons. The van der Waals surface area contributed by atoms with Gasteiger partial charge in [0.2, 0.25) is 0 Å². The Balaban J connectivity index is 2.20. The van der Waals surface area contributed by atoms with Crippen molar-refractivity contribution in [1.29, 1.82) is 0 Å². The van der Waals surface area contributed by atoms with Crippen molar-refractivity contribution in [1.82, 2.24) is 4.98 Å². The first kappa shape index (κ1) is 13.8. The number of rotatable bonds is 1. The third-order valence-electron chi connectivity index (χ3n) is 3.82. The van der Waals surface area contributed by atoms with Gasteiger partial charge in [0.1, 0.15) is 12.0 Å². The number of anilines is 1. The van der Waals surface area contributed by atoms with Crippen LogP contribution in [0.15, 0.2) is 53.7 Å². The number of hydrogen-bond acceptors (Lipinski definition) is 3. The van der Waals surface area contributed by atoms with Crippen LogP contribution in [-0.4, -0.2) is 23.9 Å². The van der Waals surface area contributed by atoms with E-state index in [9.17, 15) is 0 Å². The molecular weight excluding hydrogens is 258 g/mol. The van der Waals surface area contributed by atoms with Gasteiger partial charge in [0.25, 0.3) is 0 Å². The van der Waals surface area contributed by atoms with Crippen LogP contribution in [-0.2, 0) is 0 Å². The zero-order valence-corrected chi connectivity index (χ0v) is 13.0. The Kier molecular flexibility index (Phi) is 3.28. The predicted molar refractivity (Wildman–Crippen MR) is 88.0 cm³/mol. The Bertz CT molecular complexity index is 668. The molecule has 0 fully saturated rings. The molecule has 3 nitrogen and oxygen atoms in total. The summed E-state index contributed by atoms with van der Waals surface area (Å²) in [7, 11) is 2.08. The minimum absolute atomic E-state index is 0.0456. The maximum atomic E-state index is 5.05. The van der Waals surface area contributed by atoms with E-state index in [1.807, 2.05) is 18.3 Å². The van der Waals surface area contributed by atoms with Crippen LogP contribution >= 0.6 is 0 Å². The average Bonchev–Trinajstić information content (AvgIpc) is 2.47. The topological polar surface area (TPSA) is 28.5 Å². The summed E-state index contributed by atoms with van der Waals surface area (Å²) < 4.78 is 0. The van der Waals surface area contributed by atoms with Crippen LogP contribution in [0.2, 0.25) is 0 Å². The lowest BCUT2D eigenvalue weighted by Crippen LogP contribution is -2.44. The van der Waals surface area contributed by atoms with E-state index in [4.69, 9.17) is 4.99 Å². The molecule has 3 heteroatoms. The molecule has 1 aromatic carbocycles. The summed E-state index contributed by atoms with van der Waals surface area (Å²) >= 11 is 0. The predicted octanol–water partition coefficient (Wildman–Crippen LogP) is 3.74. The number of pyridine rings is 1. The van der Waals surface area contributed by atoms with Gasteiger partial charge in [-0.2, -0.15) is 0 Å². The number of hydrogen-bond donors (Lipinski definition) is 0. The molecule has 0 saturated heterocycles. The number of nitrogens with zero attached hydrogens (tertiary/aromatic N) is 3. The van der Waals surface area contributed by atoms with Gasteiger partial charge in [-0.1, -0.05) is 51.1 Å². The smallest absolute Gasteiger partial charge is 0.139 e. The highest BCUT2D eigenvalue weighted by Crippen LogP contribution is 2.34. The van der Waals surface area contributed by atoms with Crippen molar-refractivity contribution >= 4 is 11.5 Å². The summed E-state index contributed by atoms with van der Waals surface area (Å²) in [6, 6.07) is 14.4. The molecule has 1 aromatic heterocycles. The van der Waals surface area contributed by atoms with Crippen LogP contribution in [0.4, 0.5) is 5.82 Å². The average molecular weight is 279 g/mol. The fourth-order valence-electron chi connectivity index (χ4n) is 2.86. The van der Waals surface area contributed by atoms with E-state index in [2.05, 4.69) is 68.0 Å². The molecular formula is C18H21N3. The van der Waals surface area contributed by atoms with E-state index in [1.54, 1.807) is 0 Å². The SMILES string of the molecule is CN1c2ncccc2C(c2ccccc2)=NC1C(C)(C)C. The van der Waals surface area contributed by atoms with Crippen LogP contribution in [0.1, 0.15) is 31.9 Å². The van der Waals surface area contributed by atoms with E-state index in [-0.39, 0.29) is 11.6 Å². The maximum Gasteiger partial charge on any atom is 0.139 e. The minimum Gasteiger partial charge on any atom is -0.337 e. The molecule has 0 spiro atoms. The molecule has 0 saturated carbocycles. The monoisotopic (exact) mass is 279 g/mol. The van der Waals surface area contributed by atoms with Crippen molar-refractivity contribution in [3.63, 3.8) is 0 Å². The van der Waals surface area contributed by atoms with Crippen molar-refractivity contribution in [2.45, 2.75) is 26.9 Å².